The molecule has 0 radical (unpaired) electrons. The van der Waals surface area contributed by atoms with Crippen LogP contribution in [-0.4, -0.2) is 46.5 Å². The third-order valence-corrected chi connectivity index (χ3v) is 10.1. The largest absolute Gasteiger partial charge is 0.354 e. The van der Waals surface area contributed by atoms with Crippen molar-refractivity contribution in [2.24, 2.45) is 5.92 Å². The molecule has 3 aliphatic rings. The molecular weight excluding hydrogens is 528 g/mol. The molecule has 7 rings (SSSR count). The van der Waals surface area contributed by atoms with Crippen molar-refractivity contribution in [3.05, 3.63) is 88.2 Å². The zero-order chi connectivity index (χ0) is 30.3. The highest BCUT2D eigenvalue weighted by molar-refractivity contribution is 5.94. The number of aromatic amines is 1. The van der Waals surface area contributed by atoms with Crippen LogP contribution in [0.15, 0.2) is 54.7 Å². The number of rotatable bonds is 9. The Morgan fingerprint density at radius 2 is 1.77 bits per heavy atom. The number of carbonyl (C=O) groups is 1. The fourth-order valence-electron chi connectivity index (χ4n) is 7.67. The Balaban J connectivity index is 1.32. The van der Waals surface area contributed by atoms with Gasteiger partial charge in [-0.2, -0.15) is 0 Å². The van der Waals surface area contributed by atoms with E-state index in [1.54, 1.807) is 0 Å². The highest BCUT2D eigenvalue weighted by Crippen LogP contribution is 2.41. The number of benzene rings is 2. The summed E-state index contributed by atoms with van der Waals surface area (Å²) < 4.78 is 0. The molecule has 2 bridgehead atoms. The van der Waals surface area contributed by atoms with E-state index in [9.17, 15) is 4.79 Å². The molecule has 0 unspecified atom stereocenters. The summed E-state index contributed by atoms with van der Waals surface area (Å²) in [5.74, 6) is 1.24. The van der Waals surface area contributed by atoms with Crippen LogP contribution in [0.4, 0.5) is 0 Å². The number of nitrogens with zero attached hydrogens (tertiary/aromatic N) is 2. The number of pyridine rings is 1. The smallest absolute Gasteiger partial charge is 0.232 e. The van der Waals surface area contributed by atoms with Gasteiger partial charge in [-0.3, -0.25) is 9.78 Å². The molecule has 3 fully saturated rings. The number of fused-ring (bicyclic) bond motifs is 4. The summed E-state index contributed by atoms with van der Waals surface area (Å²) in [6, 6.07) is 18.2. The number of amides is 1. The first-order chi connectivity index (χ1) is 20.6. The molecule has 0 spiro atoms. The summed E-state index contributed by atoms with van der Waals surface area (Å²) in [4.78, 5) is 24.4. The van der Waals surface area contributed by atoms with Crippen LogP contribution in [0.2, 0.25) is 0 Å². The molecule has 43 heavy (non-hydrogen) atoms. The van der Waals surface area contributed by atoms with Gasteiger partial charge in [0, 0.05) is 41.9 Å². The van der Waals surface area contributed by atoms with E-state index in [0.29, 0.717) is 12.0 Å². The number of carbonyl (C=O) groups excluding carboxylic acids is 1. The van der Waals surface area contributed by atoms with Crippen LogP contribution in [0.25, 0.3) is 22.2 Å². The number of piperidine rings is 2. The van der Waals surface area contributed by atoms with Crippen molar-refractivity contribution in [2.45, 2.75) is 91.0 Å². The minimum absolute atomic E-state index is 0.274. The van der Waals surface area contributed by atoms with Gasteiger partial charge in [0.25, 0.3) is 0 Å². The molecule has 4 aromatic rings. The normalized spacial score (nSPS) is 19.3. The topological polar surface area (TPSA) is 61.0 Å². The Morgan fingerprint density at radius 1 is 1.02 bits per heavy atom. The Morgan fingerprint density at radius 3 is 2.44 bits per heavy atom. The number of aromatic nitrogens is 2. The van der Waals surface area contributed by atoms with Gasteiger partial charge in [0.15, 0.2) is 0 Å². The lowest BCUT2D eigenvalue weighted by molar-refractivity contribution is -0.144. The molecular formula is C38H48N4O. The maximum atomic E-state index is 14.1. The Hall–Kier alpha value is -3.44. The van der Waals surface area contributed by atoms with Crippen LogP contribution in [0.1, 0.15) is 85.9 Å². The monoisotopic (exact) mass is 576 g/mol. The van der Waals surface area contributed by atoms with E-state index in [1.165, 1.54) is 51.7 Å². The zero-order valence-corrected chi connectivity index (χ0v) is 26.9. The number of H-pyrrole nitrogens is 1. The van der Waals surface area contributed by atoms with Crippen LogP contribution >= 0.6 is 0 Å². The highest BCUT2D eigenvalue weighted by atomic mass is 16.2. The van der Waals surface area contributed by atoms with Gasteiger partial charge >= 0.3 is 0 Å². The van der Waals surface area contributed by atoms with Gasteiger partial charge in [0.05, 0.1) is 11.1 Å². The van der Waals surface area contributed by atoms with E-state index in [1.807, 2.05) is 13.1 Å². The average Bonchev–Trinajstić information content (AvgIpc) is 3.38. The summed E-state index contributed by atoms with van der Waals surface area (Å²) >= 11 is 0. The third kappa shape index (κ3) is 6.02. The average molecular weight is 577 g/mol. The van der Waals surface area contributed by atoms with Crippen LogP contribution in [0, 0.1) is 26.7 Å². The summed E-state index contributed by atoms with van der Waals surface area (Å²) in [5, 5.41) is 4.96. The van der Waals surface area contributed by atoms with Crippen LogP contribution in [0.3, 0.4) is 0 Å². The zero-order valence-electron chi connectivity index (χ0n) is 26.9. The van der Waals surface area contributed by atoms with Crippen molar-refractivity contribution in [3.63, 3.8) is 0 Å². The van der Waals surface area contributed by atoms with Gasteiger partial charge in [-0.15, -0.1) is 0 Å². The quantitative estimate of drug-likeness (QED) is 0.200. The lowest BCUT2D eigenvalue weighted by Gasteiger charge is -2.47. The summed E-state index contributed by atoms with van der Waals surface area (Å²) in [5.41, 5.74) is 10.3. The molecule has 5 nitrogen and oxygen atoms in total. The first-order valence-corrected chi connectivity index (χ1v) is 16.3. The van der Waals surface area contributed by atoms with Gasteiger partial charge in [-0.05, 0) is 144 Å². The fraction of sp³-hybridized carbons (Fsp3) is 0.474. The minimum atomic E-state index is -0.579. The first kappa shape index (κ1) is 29.6. The standard InChI is InChI=1S/C38H48N4O/c1-24-17-25(2)19-30(18-24)36-35(26(3)22-39-15-13-28-14-16-40-27(4)20-28)33-21-31(9-12-34(33)41-36)38(5,6)37(43)42-23-29-7-10-32(42)11-8-29/h9,12,14,16-21,26,29,32,39,41H,7-8,10-11,13,15,22-23H2,1-6H3/t26-,29?,32?/m1/s1. The van der Waals surface area contributed by atoms with Gasteiger partial charge in [0.1, 0.15) is 0 Å². The van der Waals surface area contributed by atoms with Crippen molar-refractivity contribution in [1.29, 1.82) is 0 Å². The number of aryl methyl sites for hydroxylation is 3. The van der Waals surface area contributed by atoms with Gasteiger partial charge < -0.3 is 15.2 Å². The molecule has 5 heteroatoms. The SMILES string of the molecule is Cc1cc(C)cc(-c2[nH]c3ccc(C(C)(C)C(=O)N4CC5CCC4CC5)cc3c2[C@H](C)CNCCc2ccnc(C)c2)c1. The summed E-state index contributed by atoms with van der Waals surface area (Å²) in [6.07, 6.45) is 7.77. The van der Waals surface area contributed by atoms with Crippen molar-refractivity contribution >= 4 is 16.8 Å². The Labute approximate surface area is 257 Å². The second kappa shape index (κ2) is 11.9. The first-order valence-electron chi connectivity index (χ1n) is 16.3. The fourth-order valence-corrected chi connectivity index (χ4v) is 7.67. The third-order valence-electron chi connectivity index (χ3n) is 10.1. The van der Waals surface area contributed by atoms with E-state index in [2.05, 4.69) is 103 Å². The molecule has 1 aliphatic carbocycles. The lowest BCUT2D eigenvalue weighted by Crippen LogP contribution is -2.55. The van der Waals surface area contributed by atoms with Crippen molar-refractivity contribution < 1.29 is 4.79 Å². The number of hydrogen-bond acceptors (Lipinski definition) is 3. The van der Waals surface area contributed by atoms with E-state index < -0.39 is 5.41 Å². The number of nitrogens with one attached hydrogen (secondary N) is 2. The minimum Gasteiger partial charge on any atom is -0.354 e. The van der Waals surface area contributed by atoms with Crippen LogP contribution in [0.5, 0.6) is 0 Å². The maximum Gasteiger partial charge on any atom is 0.232 e. The highest BCUT2D eigenvalue weighted by Gasteiger charge is 2.42. The molecule has 2 aromatic carbocycles. The van der Waals surface area contributed by atoms with Crippen LogP contribution < -0.4 is 5.32 Å². The van der Waals surface area contributed by atoms with E-state index >= 15 is 0 Å². The number of hydrogen-bond donors (Lipinski definition) is 2. The van der Waals surface area contributed by atoms with Crippen molar-refractivity contribution in [2.75, 3.05) is 19.6 Å². The molecule has 226 valence electrons. The van der Waals surface area contributed by atoms with E-state index in [0.717, 1.165) is 55.7 Å². The molecule has 1 saturated carbocycles. The maximum absolute atomic E-state index is 14.1. The predicted octanol–water partition coefficient (Wildman–Crippen LogP) is 7.77. The Kier molecular flexibility index (Phi) is 8.21. The molecule has 1 atom stereocenters. The predicted molar refractivity (Wildman–Crippen MR) is 178 cm³/mol. The molecule has 2 saturated heterocycles. The van der Waals surface area contributed by atoms with Crippen LogP contribution in [-0.2, 0) is 16.6 Å². The van der Waals surface area contributed by atoms with Gasteiger partial charge in [0.2, 0.25) is 5.91 Å². The molecule has 2 N–H and O–H groups in total. The molecule has 2 aromatic heterocycles. The Bertz CT molecular complexity index is 1600. The molecule has 1 amide bonds. The van der Waals surface area contributed by atoms with E-state index in [4.69, 9.17) is 0 Å². The van der Waals surface area contributed by atoms with Crippen molar-refractivity contribution in [3.8, 4) is 11.3 Å². The lowest BCUT2D eigenvalue weighted by atomic mass is 9.76. The second-order valence-electron chi connectivity index (χ2n) is 14.0. The van der Waals surface area contributed by atoms with Gasteiger partial charge in [-0.25, -0.2) is 0 Å². The summed E-state index contributed by atoms with van der Waals surface area (Å²) in [7, 11) is 0. The molecule has 4 heterocycles. The van der Waals surface area contributed by atoms with Gasteiger partial charge in [-0.1, -0.05) is 30.2 Å². The summed E-state index contributed by atoms with van der Waals surface area (Å²) in [6.45, 7) is 15.7. The van der Waals surface area contributed by atoms with Crippen molar-refractivity contribution in [1.82, 2.24) is 20.2 Å². The molecule has 2 aliphatic heterocycles. The van der Waals surface area contributed by atoms with E-state index in [-0.39, 0.29) is 11.8 Å². The second-order valence-corrected chi connectivity index (χ2v) is 14.0.